The maximum atomic E-state index is 13.1. The summed E-state index contributed by atoms with van der Waals surface area (Å²) >= 11 is 0. The fourth-order valence-corrected chi connectivity index (χ4v) is 8.76. The van der Waals surface area contributed by atoms with Gasteiger partial charge in [-0.3, -0.25) is 9.59 Å². The number of esters is 3. The second kappa shape index (κ2) is 6.92. The summed E-state index contributed by atoms with van der Waals surface area (Å²) in [6.07, 6.45) is -1.54. The highest BCUT2D eigenvalue weighted by molar-refractivity contribution is 5.80. The normalized spacial score (nSPS) is 48.2. The van der Waals surface area contributed by atoms with Crippen molar-refractivity contribution in [3.63, 3.8) is 0 Å². The Hall–Kier alpha value is -1.71. The maximum Gasteiger partial charge on any atom is 0.338 e. The highest BCUT2D eigenvalue weighted by Crippen LogP contribution is 2.83. The summed E-state index contributed by atoms with van der Waals surface area (Å²) in [7, 11) is 2.89. The maximum absolute atomic E-state index is 13.1. The number of carbonyl (C=O) groups excluding carboxylic acids is 3. The van der Waals surface area contributed by atoms with Gasteiger partial charge in [0.25, 0.3) is 0 Å². The van der Waals surface area contributed by atoms with E-state index in [-0.39, 0.29) is 24.4 Å². The second-order valence-corrected chi connectivity index (χ2v) is 11.4. The van der Waals surface area contributed by atoms with Gasteiger partial charge in [-0.25, -0.2) is 4.79 Å². The SMILES string of the molecule is COC(=O)C(C)[C@H]1CCC23C4OCC12OC1OC(=O)[C@H](OC)C13[C@H](C(C)(C)C)[C@H]4OC(C)=O. The fourth-order valence-electron chi connectivity index (χ4n) is 8.76. The molecular formula is C24H34O9. The summed E-state index contributed by atoms with van der Waals surface area (Å²) in [5.74, 6) is -2.17. The van der Waals surface area contributed by atoms with Gasteiger partial charge >= 0.3 is 17.9 Å². The van der Waals surface area contributed by atoms with Crippen molar-refractivity contribution < 1.29 is 42.8 Å². The molecule has 3 aliphatic heterocycles. The minimum Gasteiger partial charge on any atom is -0.469 e. The van der Waals surface area contributed by atoms with E-state index in [2.05, 4.69) is 20.8 Å². The topological polar surface area (TPSA) is 107 Å². The van der Waals surface area contributed by atoms with E-state index in [1.54, 1.807) is 0 Å². The third-order valence-corrected chi connectivity index (χ3v) is 9.31. The lowest BCUT2D eigenvalue weighted by atomic mass is 9.52. The van der Waals surface area contributed by atoms with Gasteiger partial charge in [-0.1, -0.05) is 27.7 Å². The highest BCUT2D eigenvalue weighted by Gasteiger charge is 2.95. The molecule has 0 aromatic rings. The Morgan fingerprint density at radius 2 is 1.91 bits per heavy atom. The minimum atomic E-state index is -0.928. The molecule has 3 saturated heterocycles. The van der Waals surface area contributed by atoms with Crippen LogP contribution in [0.3, 0.4) is 0 Å². The van der Waals surface area contributed by atoms with Crippen molar-refractivity contribution in [2.75, 3.05) is 20.8 Å². The molecule has 2 spiro atoms. The van der Waals surface area contributed by atoms with Crippen molar-refractivity contribution in [2.24, 2.45) is 34.0 Å². The van der Waals surface area contributed by atoms with E-state index in [1.807, 2.05) is 6.92 Å². The molecule has 9 heteroatoms. The van der Waals surface area contributed by atoms with Gasteiger partial charge in [0, 0.05) is 31.3 Å². The van der Waals surface area contributed by atoms with E-state index in [9.17, 15) is 14.4 Å². The van der Waals surface area contributed by atoms with Gasteiger partial charge in [0.2, 0.25) is 6.29 Å². The average molecular weight is 467 g/mol. The quantitative estimate of drug-likeness (QED) is 0.453. The summed E-state index contributed by atoms with van der Waals surface area (Å²) in [6.45, 7) is 9.66. The summed E-state index contributed by atoms with van der Waals surface area (Å²) in [4.78, 5) is 38.0. The Morgan fingerprint density at radius 1 is 1.21 bits per heavy atom. The molecule has 3 heterocycles. The van der Waals surface area contributed by atoms with Crippen molar-refractivity contribution in [3.8, 4) is 0 Å². The molecule has 5 aliphatic rings. The van der Waals surface area contributed by atoms with Gasteiger partial charge in [-0.05, 0) is 18.3 Å². The largest absolute Gasteiger partial charge is 0.469 e. The molecule has 184 valence electrons. The van der Waals surface area contributed by atoms with E-state index in [0.717, 1.165) is 0 Å². The second-order valence-electron chi connectivity index (χ2n) is 11.4. The molecule has 10 atom stereocenters. The molecule has 6 unspecified atom stereocenters. The molecule has 0 N–H and O–H groups in total. The monoisotopic (exact) mass is 466 g/mol. The highest BCUT2D eigenvalue weighted by atomic mass is 16.7. The van der Waals surface area contributed by atoms with Crippen LogP contribution in [-0.2, 0) is 42.8 Å². The molecule has 5 fully saturated rings. The van der Waals surface area contributed by atoms with E-state index >= 15 is 0 Å². The van der Waals surface area contributed by atoms with Crippen LogP contribution in [0.4, 0.5) is 0 Å². The third-order valence-electron chi connectivity index (χ3n) is 9.31. The van der Waals surface area contributed by atoms with E-state index in [4.69, 9.17) is 28.4 Å². The minimum absolute atomic E-state index is 0.203. The van der Waals surface area contributed by atoms with Crippen LogP contribution in [0.2, 0.25) is 0 Å². The summed E-state index contributed by atoms with van der Waals surface area (Å²) in [6, 6.07) is 0. The van der Waals surface area contributed by atoms with Gasteiger partial charge in [-0.15, -0.1) is 0 Å². The van der Waals surface area contributed by atoms with E-state index in [0.29, 0.717) is 12.8 Å². The first-order valence-electron chi connectivity index (χ1n) is 11.7. The average Bonchev–Trinajstić information content (AvgIpc) is 3.40. The number of ether oxygens (including phenoxy) is 6. The van der Waals surface area contributed by atoms with Crippen LogP contribution in [0.25, 0.3) is 0 Å². The van der Waals surface area contributed by atoms with Crippen LogP contribution >= 0.6 is 0 Å². The molecular weight excluding hydrogens is 432 g/mol. The predicted octanol–water partition coefficient (Wildman–Crippen LogP) is 1.85. The first kappa shape index (κ1) is 23.1. The molecule has 0 amide bonds. The van der Waals surface area contributed by atoms with Gasteiger partial charge < -0.3 is 28.4 Å². The summed E-state index contributed by atoms with van der Waals surface area (Å²) in [5, 5.41) is 0. The first-order chi connectivity index (χ1) is 15.4. The molecule has 2 aliphatic carbocycles. The van der Waals surface area contributed by atoms with Gasteiger partial charge in [-0.2, -0.15) is 0 Å². The zero-order valence-electron chi connectivity index (χ0n) is 20.3. The Bertz CT molecular complexity index is 895. The molecule has 0 radical (unpaired) electrons. The molecule has 0 bridgehead atoms. The zero-order chi connectivity index (χ0) is 24.1. The Morgan fingerprint density at radius 3 is 2.48 bits per heavy atom. The van der Waals surface area contributed by atoms with Crippen molar-refractivity contribution in [1.82, 2.24) is 0 Å². The molecule has 2 saturated carbocycles. The first-order valence-corrected chi connectivity index (χ1v) is 11.7. The standard InChI is InChI=1S/C24H34O9/c1-11(18(26)29-7)13-8-9-22-16-14(31-12(2)25)15(21(3,4)5)24(22)17(28-6)19(27)32-20(24)33-23(13,22)10-30-16/h11,13-17,20H,8-10H2,1-7H3/t11?,13-,14-,15+,16?,17+,20?,22?,23?,24?/m1/s1. The predicted molar refractivity (Wildman–Crippen MR) is 112 cm³/mol. The van der Waals surface area contributed by atoms with Crippen LogP contribution < -0.4 is 0 Å². The van der Waals surface area contributed by atoms with Crippen molar-refractivity contribution in [2.45, 2.75) is 77.7 Å². The van der Waals surface area contributed by atoms with E-state index < -0.39 is 64.3 Å². The van der Waals surface area contributed by atoms with Crippen molar-refractivity contribution in [1.29, 1.82) is 0 Å². The number of rotatable bonds is 4. The number of carbonyl (C=O) groups is 3. The van der Waals surface area contributed by atoms with Crippen LogP contribution in [0.5, 0.6) is 0 Å². The zero-order valence-corrected chi connectivity index (χ0v) is 20.3. The van der Waals surface area contributed by atoms with Crippen molar-refractivity contribution in [3.05, 3.63) is 0 Å². The lowest BCUT2D eigenvalue weighted by molar-refractivity contribution is -0.205. The van der Waals surface area contributed by atoms with E-state index in [1.165, 1.54) is 21.1 Å². The lowest BCUT2D eigenvalue weighted by Crippen LogP contribution is -2.59. The molecule has 5 rings (SSSR count). The molecule has 33 heavy (non-hydrogen) atoms. The smallest absolute Gasteiger partial charge is 0.338 e. The fraction of sp³-hybridized carbons (Fsp3) is 0.875. The number of methoxy groups -OCH3 is 2. The Balaban J connectivity index is 1.76. The van der Waals surface area contributed by atoms with Crippen LogP contribution in [-0.4, -0.2) is 68.9 Å². The summed E-state index contributed by atoms with van der Waals surface area (Å²) < 4.78 is 36.0. The Labute approximate surface area is 193 Å². The molecule has 0 aromatic carbocycles. The lowest BCUT2D eigenvalue weighted by Gasteiger charge is -2.47. The molecule has 0 aromatic heterocycles. The van der Waals surface area contributed by atoms with Crippen LogP contribution in [0.15, 0.2) is 0 Å². The van der Waals surface area contributed by atoms with Crippen LogP contribution in [0, 0.1) is 34.0 Å². The van der Waals surface area contributed by atoms with Crippen LogP contribution in [0.1, 0.15) is 47.5 Å². The van der Waals surface area contributed by atoms with Gasteiger partial charge in [0.15, 0.2) is 6.10 Å². The van der Waals surface area contributed by atoms with Gasteiger partial charge in [0.1, 0.15) is 17.8 Å². The third kappa shape index (κ3) is 2.36. The van der Waals surface area contributed by atoms with Crippen molar-refractivity contribution >= 4 is 17.9 Å². The summed E-state index contributed by atoms with van der Waals surface area (Å²) in [5.41, 5.74) is -2.94. The van der Waals surface area contributed by atoms with Gasteiger partial charge in [0.05, 0.1) is 25.0 Å². The number of hydrogen-bond donors (Lipinski definition) is 0. The number of hydrogen-bond acceptors (Lipinski definition) is 9. The Kier molecular flexibility index (Phi) is 4.83. The molecule has 9 nitrogen and oxygen atoms in total.